The third-order valence-corrected chi connectivity index (χ3v) is 5.50. The molecule has 1 aromatic rings. The number of hydrogen-bond donors (Lipinski definition) is 1. The Hall–Kier alpha value is -1.51. The zero-order chi connectivity index (χ0) is 18.4. The van der Waals surface area contributed by atoms with Crippen molar-refractivity contribution in [1.82, 2.24) is 30.1 Å². The van der Waals surface area contributed by atoms with Crippen molar-refractivity contribution in [2.75, 3.05) is 52.4 Å². The van der Waals surface area contributed by atoms with Gasteiger partial charge in [0.1, 0.15) is 0 Å². The first-order valence-corrected chi connectivity index (χ1v) is 9.97. The van der Waals surface area contributed by atoms with Gasteiger partial charge in [-0.2, -0.15) is 0 Å². The van der Waals surface area contributed by atoms with Gasteiger partial charge in [0.05, 0.1) is 24.9 Å². The SMILES string of the molecule is CCN(CC)CCOC1CCN(C(=O)c2cn(C3CCNCC3)nn2)C1. The summed E-state index contributed by atoms with van der Waals surface area (Å²) in [5.41, 5.74) is 0.451. The lowest BCUT2D eigenvalue weighted by Crippen LogP contribution is -2.32. The van der Waals surface area contributed by atoms with Gasteiger partial charge in [0.15, 0.2) is 5.69 Å². The van der Waals surface area contributed by atoms with Crippen LogP contribution in [0.3, 0.4) is 0 Å². The number of nitrogens with one attached hydrogen (secondary N) is 1. The standard InChI is InChI=1S/C18H32N6O2/c1-3-22(4-2)11-12-26-16-7-10-23(13-16)18(25)17-14-24(21-20-17)15-5-8-19-9-6-15/h14-16,19H,3-13H2,1-2H3. The molecule has 2 aliphatic heterocycles. The lowest BCUT2D eigenvalue weighted by Gasteiger charge is -2.22. The molecule has 0 spiro atoms. The van der Waals surface area contributed by atoms with Gasteiger partial charge in [0, 0.05) is 19.6 Å². The maximum atomic E-state index is 12.7. The van der Waals surface area contributed by atoms with E-state index in [4.69, 9.17) is 4.74 Å². The molecule has 0 aliphatic carbocycles. The topological polar surface area (TPSA) is 75.5 Å². The van der Waals surface area contributed by atoms with Gasteiger partial charge in [0.25, 0.3) is 5.91 Å². The second kappa shape index (κ2) is 9.43. The molecule has 146 valence electrons. The maximum absolute atomic E-state index is 12.7. The summed E-state index contributed by atoms with van der Waals surface area (Å²) in [7, 11) is 0. The number of carbonyl (C=O) groups excluding carboxylic acids is 1. The molecule has 0 aromatic carbocycles. The Morgan fingerprint density at radius 3 is 2.81 bits per heavy atom. The van der Waals surface area contributed by atoms with E-state index in [1.807, 2.05) is 15.8 Å². The van der Waals surface area contributed by atoms with E-state index in [1.165, 1.54) is 0 Å². The summed E-state index contributed by atoms with van der Waals surface area (Å²) in [6, 6.07) is 0.347. The number of carbonyl (C=O) groups is 1. The summed E-state index contributed by atoms with van der Waals surface area (Å²) in [5, 5.41) is 11.7. The zero-order valence-electron chi connectivity index (χ0n) is 16.1. The minimum Gasteiger partial charge on any atom is -0.375 e. The van der Waals surface area contributed by atoms with E-state index in [0.717, 1.165) is 65.1 Å². The van der Waals surface area contributed by atoms with E-state index < -0.39 is 0 Å². The minimum absolute atomic E-state index is 0.0278. The zero-order valence-corrected chi connectivity index (χ0v) is 16.1. The average molecular weight is 364 g/mol. The number of nitrogens with zero attached hydrogens (tertiary/aromatic N) is 5. The van der Waals surface area contributed by atoms with Crippen LogP contribution in [-0.2, 0) is 4.74 Å². The van der Waals surface area contributed by atoms with Gasteiger partial charge in [-0.3, -0.25) is 4.79 Å². The molecule has 0 radical (unpaired) electrons. The number of piperidine rings is 1. The van der Waals surface area contributed by atoms with Crippen LogP contribution in [0, 0.1) is 0 Å². The lowest BCUT2D eigenvalue weighted by atomic mass is 10.1. The molecule has 1 unspecified atom stereocenters. The Morgan fingerprint density at radius 2 is 2.08 bits per heavy atom. The molecular formula is C18H32N6O2. The lowest BCUT2D eigenvalue weighted by molar-refractivity contribution is 0.0419. The van der Waals surface area contributed by atoms with E-state index in [2.05, 4.69) is 34.4 Å². The molecule has 1 amide bonds. The predicted octanol–water partition coefficient (Wildman–Crippen LogP) is 0.776. The van der Waals surface area contributed by atoms with Gasteiger partial charge in [-0.05, 0) is 45.4 Å². The van der Waals surface area contributed by atoms with Crippen LogP contribution in [0.2, 0.25) is 0 Å². The van der Waals surface area contributed by atoms with Gasteiger partial charge in [0.2, 0.25) is 0 Å². The highest BCUT2D eigenvalue weighted by atomic mass is 16.5. The molecule has 8 heteroatoms. The number of amides is 1. The summed E-state index contributed by atoms with van der Waals surface area (Å²) in [6.45, 7) is 11.4. The first-order chi connectivity index (χ1) is 12.7. The van der Waals surface area contributed by atoms with Crippen molar-refractivity contribution in [2.45, 2.75) is 45.3 Å². The molecule has 1 aromatic heterocycles. The quantitative estimate of drug-likeness (QED) is 0.735. The highest BCUT2D eigenvalue weighted by Gasteiger charge is 2.29. The Kier molecular flexibility index (Phi) is 6.99. The number of hydrogen-bond acceptors (Lipinski definition) is 6. The van der Waals surface area contributed by atoms with Crippen molar-refractivity contribution in [2.24, 2.45) is 0 Å². The number of rotatable bonds is 8. The van der Waals surface area contributed by atoms with Gasteiger partial charge in [-0.15, -0.1) is 5.10 Å². The normalized spacial score (nSPS) is 21.7. The molecule has 1 N–H and O–H groups in total. The molecule has 26 heavy (non-hydrogen) atoms. The molecule has 0 saturated carbocycles. The van der Waals surface area contributed by atoms with Crippen molar-refractivity contribution in [3.8, 4) is 0 Å². The van der Waals surface area contributed by atoms with Gasteiger partial charge in [-0.25, -0.2) is 4.68 Å². The third kappa shape index (κ3) is 4.81. The molecule has 3 heterocycles. The van der Waals surface area contributed by atoms with Crippen LogP contribution in [0.15, 0.2) is 6.20 Å². The van der Waals surface area contributed by atoms with Crippen LogP contribution in [0.1, 0.15) is 49.6 Å². The number of ether oxygens (including phenoxy) is 1. The molecule has 2 aliphatic rings. The fraction of sp³-hybridized carbons (Fsp3) is 0.833. The second-order valence-corrected chi connectivity index (χ2v) is 7.12. The first-order valence-electron chi connectivity index (χ1n) is 9.97. The summed E-state index contributed by atoms with van der Waals surface area (Å²) in [4.78, 5) is 16.9. The van der Waals surface area contributed by atoms with Crippen LogP contribution in [-0.4, -0.2) is 89.2 Å². The first kappa shape index (κ1) is 19.3. The molecule has 3 rings (SSSR count). The monoisotopic (exact) mass is 364 g/mol. The average Bonchev–Trinajstić information content (AvgIpc) is 3.35. The fourth-order valence-corrected chi connectivity index (χ4v) is 3.72. The molecular weight excluding hydrogens is 332 g/mol. The van der Waals surface area contributed by atoms with Crippen molar-refractivity contribution in [3.63, 3.8) is 0 Å². The van der Waals surface area contributed by atoms with Crippen molar-refractivity contribution in [3.05, 3.63) is 11.9 Å². The smallest absolute Gasteiger partial charge is 0.276 e. The van der Waals surface area contributed by atoms with Crippen LogP contribution >= 0.6 is 0 Å². The summed E-state index contributed by atoms with van der Waals surface area (Å²) >= 11 is 0. The molecule has 8 nitrogen and oxygen atoms in total. The largest absolute Gasteiger partial charge is 0.375 e. The van der Waals surface area contributed by atoms with E-state index in [-0.39, 0.29) is 12.0 Å². The minimum atomic E-state index is -0.0278. The van der Waals surface area contributed by atoms with Crippen molar-refractivity contribution in [1.29, 1.82) is 0 Å². The predicted molar refractivity (Wildman–Crippen MR) is 99.2 cm³/mol. The summed E-state index contributed by atoms with van der Waals surface area (Å²) < 4.78 is 7.83. The van der Waals surface area contributed by atoms with Gasteiger partial charge < -0.3 is 19.9 Å². The Labute approximate surface area is 155 Å². The van der Waals surface area contributed by atoms with E-state index in [9.17, 15) is 4.79 Å². The van der Waals surface area contributed by atoms with Crippen LogP contribution in [0.4, 0.5) is 0 Å². The summed E-state index contributed by atoms with van der Waals surface area (Å²) in [5.74, 6) is -0.0278. The van der Waals surface area contributed by atoms with Crippen LogP contribution in [0.25, 0.3) is 0 Å². The van der Waals surface area contributed by atoms with Crippen LogP contribution < -0.4 is 5.32 Å². The second-order valence-electron chi connectivity index (χ2n) is 7.12. The number of aromatic nitrogens is 3. The molecule has 1 atom stereocenters. The van der Waals surface area contributed by atoms with Crippen LogP contribution in [0.5, 0.6) is 0 Å². The number of likely N-dealkylation sites (tertiary alicyclic amines) is 1. The Bertz CT molecular complexity index is 568. The van der Waals surface area contributed by atoms with Gasteiger partial charge >= 0.3 is 0 Å². The van der Waals surface area contributed by atoms with Crippen molar-refractivity contribution >= 4 is 5.91 Å². The van der Waals surface area contributed by atoms with Gasteiger partial charge in [-0.1, -0.05) is 19.1 Å². The van der Waals surface area contributed by atoms with E-state index in [1.54, 1.807) is 0 Å². The molecule has 2 saturated heterocycles. The van der Waals surface area contributed by atoms with E-state index in [0.29, 0.717) is 18.3 Å². The Morgan fingerprint density at radius 1 is 1.31 bits per heavy atom. The number of likely N-dealkylation sites (N-methyl/N-ethyl adjacent to an activating group) is 1. The molecule has 2 fully saturated rings. The Balaban J connectivity index is 1.46. The van der Waals surface area contributed by atoms with Crippen molar-refractivity contribution < 1.29 is 9.53 Å². The summed E-state index contributed by atoms with van der Waals surface area (Å²) in [6.07, 6.45) is 4.90. The highest BCUT2D eigenvalue weighted by molar-refractivity contribution is 5.92. The third-order valence-electron chi connectivity index (χ3n) is 5.50. The fourth-order valence-electron chi connectivity index (χ4n) is 3.72. The molecule has 0 bridgehead atoms. The highest BCUT2D eigenvalue weighted by Crippen LogP contribution is 2.19. The van der Waals surface area contributed by atoms with E-state index >= 15 is 0 Å². The maximum Gasteiger partial charge on any atom is 0.276 e.